The number of benzene rings is 3. The van der Waals surface area contributed by atoms with Crippen LogP contribution in [0.25, 0.3) is 5.76 Å². The summed E-state index contributed by atoms with van der Waals surface area (Å²) in [6.07, 6.45) is 0. The Morgan fingerprint density at radius 3 is 2.48 bits per heavy atom. The molecule has 168 valence electrons. The lowest BCUT2D eigenvalue weighted by atomic mass is 9.95. The molecule has 1 fully saturated rings. The van der Waals surface area contributed by atoms with Crippen molar-refractivity contribution in [2.45, 2.75) is 12.6 Å². The summed E-state index contributed by atoms with van der Waals surface area (Å²) >= 11 is 6.28. The predicted molar refractivity (Wildman–Crippen MR) is 120 cm³/mol. The maximum absolute atomic E-state index is 13.4. The maximum Gasteiger partial charge on any atom is 0.295 e. The molecule has 33 heavy (non-hydrogen) atoms. The van der Waals surface area contributed by atoms with Gasteiger partial charge in [-0.15, -0.1) is 0 Å². The van der Waals surface area contributed by atoms with Crippen LogP contribution in [0, 0.1) is 5.82 Å². The lowest BCUT2D eigenvalue weighted by Crippen LogP contribution is -2.29. The fraction of sp³-hybridized carbons (Fsp3) is 0.120. The summed E-state index contributed by atoms with van der Waals surface area (Å²) in [6, 6.07) is 15.1. The number of ketones is 1. The molecule has 0 radical (unpaired) electrons. The van der Waals surface area contributed by atoms with Gasteiger partial charge in [0, 0.05) is 12.1 Å². The predicted octanol–water partition coefficient (Wildman–Crippen LogP) is 4.82. The largest absolute Gasteiger partial charge is 0.508 e. The number of carbonyl (C=O) groups is 2. The number of hydrogen-bond donors (Lipinski definition) is 2. The third-order valence-electron chi connectivity index (χ3n) is 5.42. The van der Waals surface area contributed by atoms with Gasteiger partial charge < -0.3 is 19.8 Å². The summed E-state index contributed by atoms with van der Waals surface area (Å²) < 4.78 is 18.5. The van der Waals surface area contributed by atoms with Gasteiger partial charge in [-0.3, -0.25) is 9.59 Å². The standard InChI is InChI=1S/C25H19ClFNO5/c1-33-18-9-10-20(26)19(12-18)23(30)21-22(15-3-2-4-17(29)11-15)28(25(32)24(21)31)13-14-5-7-16(27)8-6-14/h2-12,22,29-30H,13H2,1H3/b23-21+. The molecular weight excluding hydrogens is 449 g/mol. The highest BCUT2D eigenvalue weighted by molar-refractivity contribution is 6.47. The van der Waals surface area contributed by atoms with E-state index in [2.05, 4.69) is 0 Å². The van der Waals surface area contributed by atoms with Gasteiger partial charge in [-0.1, -0.05) is 35.9 Å². The maximum atomic E-state index is 13.4. The van der Waals surface area contributed by atoms with Crippen LogP contribution in [0.5, 0.6) is 11.5 Å². The van der Waals surface area contributed by atoms with Crippen molar-refractivity contribution in [3.05, 3.63) is 99.8 Å². The van der Waals surface area contributed by atoms with Crippen LogP contribution in [0.2, 0.25) is 5.02 Å². The van der Waals surface area contributed by atoms with Crippen molar-refractivity contribution in [1.82, 2.24) is 4.90 Å². The number of carbonyl (C=O) groups excluding carboxylic acids is 2. The molecule has 3 aromatic carbocycles. The van der Waals surface area contributed by atoms with E-state index in [1.807, 2.05) is 0 Å². The molecule has 8 heteroatoms. The topological polar surface area (TPSA) is 87.1 Å². The highest BCUT2D eigenvalue weighted by Gasteiger charge is 2.46. The van der Waals surface area contributed by atoms with Crippen LogP contribution >= 0.6 is 11.6 Å². The van der Waals surface area contributed by atoms with E-state index in [4.69, 9.17) is 16.3 Å². The summed E-state index contributed by atoms with van der Waals surface area (Å²) in [5.41, 5.74) is 0.948. The minimum absolute atomic E-state index is 0.0200. The number of halogens is 2. The Balaban J connectivity index is 1.89. The van der Waals surface area contributed by atoms with E-state index >= 15 is 0 Å². The number of amides is 1. The van der Waals surface area contributed by atoms with Gasteiger partial charge in [0.25, 0.3) is 11.7 Å². The van der Waals surface area contributed by atoms with Crippen LogP contribution in [-0.4, -0.2) is 33.9 Å². The van der Waals surface area contributed by atoms with Gasteiger partial charge in [-0.25, -0.2) is 4.39 Å². The second-order valence-electron chi connectivity index (χ2n) is 7.49. The first-order valence-electron chi connectivity index (χ1n) is 9.96. The molecule has 2 N–H and O–H groups in total. The van der Waals surface area contributed by atoms with E-state index in [9.17, 15) is 24.2 Å². The number of aliphatic hydroxyl groups excluding tert-OH is 1. The number of phenolic OH excluding ortho intramolecular Hbond substituents is 1. The van der Waals surface area contributed by atoms with Gasteiger partial charge in [-0.05, 0) is 53.6 Å². The Bertz CT molecular complexity index is 1270. The Hall–Kier alpha value is -3.84. The van der Waals surface area contributed by atoms with E-state index in [1.54, 1.807) is 18.2 Å². The molecule has 0 saturated carbocycles. The zero-order valence-corrected chi connectivity index (χ0v) is 18.2. The van der Waals surface area contributed by atoms with Gasteiger partial charge in [0.15, 0.2) is 0 Å². The second kappa shape index (κ2) is 8.96. The normalized spacial score (nSPS) is 17.4. The number of aliphatic hydroxyl groups is 1. The molecule has 6 nitrogen and oxygen atoms in total. The van der Waals surface area contributed by atoms with E-state index in [-0.39, 0.29) is 28.5 Å². The molecule has 1 aliphatic rings. The molecule has 1 atom stereocenters. The molecule has 1 amide bonds. The number of phenols is 1. The minimum Gasteiger partial charge on any atom is -0.508 e. The average Bonchev–Trinajstić information content (AvgIpc) is 3.05. The summed E-state index contributed by atoms with van der Waals surface area (Å²) in [7, 11) is 1.45. The number of Topliss-reactive ketones (excluding diaryl/α,β-unsaturated/α-hetero) is 1. The number of aromatic hydroxyl groups is 1. The Morgan fingerprint density at radius 1 is 1.09 bits per heavy atom. The van der Waals surface area contributed by atoms with E-state index in [0.717, 1.165) is 0 Å². The van der Waals surface area contributed by atoms with Crippen molar-refractivity contribution in [2.75, 3.05) is 7.11 Å². The van der Waals surface area contributed by atoms with Crippen molar-refractivity contribution in [1.29, 1.82) is 0 Å². The lowest BCUT2D eigenvalue weighted by Gasteiger charge is -2.25. The van der Waals surface area contributed by atoms with Crippen LogP contribution < -0.4 is 4.74 Å². The first-order valence-corrected chi connectivity index (χ1v) is 10.3. The molecule has 1 unspecified atom stereocenters. The van der Waals surface area contributed by atoms with Gasteiger partial charge in [0.2, 0.25) is 0 Å². The summed E-state index contributed by atoms with van der Waals surface area (Å²) in [5.74, 6) is -2.31. The summed E-state index contributed by atoms with van der Waals surface area (Å²) in [5, 5.41) is 21.3. The minimum atomic E-state index is -1.01. The van der Waals surface area contributed by atoms with E-state index in [1.165, 1.54) is 60.5 Å². The van der Waals surface area contributed by atoms with Crippen molar-refractivity contribution in [2.24, 2.45) is 0 Å². The molecule has 0 spiro atoms. The number of methoxy groups -OCH3 is 1. The number of nitrogens with zero attached hydrogens (tertiary/aromatic N) is 1. The molecule has 0 aromatic heterocycles. The lowest BCUT2D eigenvalue weighted by molar-refractivity contribution is -0.140. The quantitative estimate of drug-likeness (QED) is 0.319. The number of likely N-dealkylation sites (tertiary alicyclic amines) is 1. The molecule has 1 aliphatic heterocycles. The molecule has 0 aliphatic carbocycles. The zero-order chi connectivity index (χ0) is 23.7. The Kier molecular flexibility index (Phi) is 6.07. The third kappa shape index (κ3) is 4.27. The van der Waals surface area contributed by atoms with Gasteiger partial charge in [-0.2, -0.15) is 0 Å². The number of ether oxygens (including phenoxy) is 1. The summed E-state index contributed by atoms with van der Waals surface area (Å²) in [6.45, 7) is -0.0200. The molecule has 0 bridgehead atoms. The van der Waals surface area contributed by atoms with Crippen LogP contribution in [-0.2, 0) is 16.1 Å². The van der Waals surface area contributed by atoms with Gasteiger partial charge >= 0.3 is 0 Å². The first-order chi connectivity index (χ1) is 15.8. The molecule has 3 aromatic rings. The second-order valence-corrected chi connectivity index (χ2v) is 7.90. The van der Waals surface area contributed by atoms with Crippen molar-refractivity contribution < 1.29 is 28.9 Å². The zero-order valence-electron chi connectivity index (χ0n) is 17.5. The molecule has 1 saturated heterocycles. The van der Waals surface area contributed by atoms with Gasteiger partial charge in [0.1, 0.15) is 23.1 Å². The number of hydrogen-bond acceptors (Lipinski definition) is 5. The van der Waals surface area contributed by atoms with Crippen molar-refractivity contribution in [3.8, 4) is 11.5 Å². The summed E-state index contributed by atoms with van der Waals surface area (Å²) in [4.78, 5) is 27.4. The van der Waals surface area contributed by atoms with Crippen molar-refractivity contribution >= 4 is 29.1 Å². The smallest absolute Gasteiger partial charge is 0.295 e. The van der Waals surface area contributed by atoms with Crippen LogP contribution in [0.3, 0.4) is 0 Å². The van der Waals surface area contributed by atoms with E-state index < -0.39 is 29.3 Å². The Labute approximate surface area is 194 Å². The molecule has 4 rings (SSSR count). The first kappa shape index (κ1) is 22.4. The SMILES string of the molecule is COc1ccc(Cl)c(/C(O)=C2\C(=O)C(=O)N(Cc3ccc(F)cc3)C2c2cccc(O)c2)c1. The van der Waals surface area contributed by atoms with Crippen LogP contribution in [0.4, 0.5) is 4.39 Å². The average molecular weight is 468 g/mol. The fourth-order valence-corrected chi connectivity index (χ4v) is 4.04. The monoisotopic (exact) mass is 467 g/mol. The van der Waals surface area contributed by atoms with Crippen molar-refractivity contribution in [3.63, 3.8) is 0 Å². The highest BCUT2D eigenvalue weighted by atomic mass is 35.5. The Morgan fingerprint density at radius 2 is 1.82 bits per heavy atom. The van der Waals surface area contributed by atoms with Crippen LogP contribution in [0.1, 0.15) is 22.7 Å². The van der Waals surface area contributed by atoms with Crippen LogP contribution in [0.15, 0.2) is 72.3 Å². The number of rotatable bonds is 5. The third-order valence-corrected chi connectivity index (χ3v) is 5.75. The molecular formula is C25H19ClFNO5. The molecule has 1 heterocycles. The fourth-order valence-electron chi connectivity index (χ4n) is 3.83. The van der Waals surface area contributed by atoms with Gasteiger partial charge in [0.05, 0.1) is 23.7 Å². The highest BCUT2D eigenvalue weighted by Crippen LogP contribution is 2.42. The van der Waals surface area contributed by atoms with E-state index in [0.29, 0.717) is 16.9 Å².